The Labute approximate surface area is 174 Å². The zero-order valence-electron chi connectivity index (χ0n) is 18.2. The van der Waals surface area contributed by atoms with Crippen LogP contribution in [0.15, 0.2) is 36.4 Å². The molecule has 0 aliphatic rings. The lowest BCUT2D eigenvalue weighted by atomic mass is 9.98. The van der Waals surface area contributed by atoms with Crippen molar-refractivity contribution in [3.05, 3.63) is 47.5 Å². The van der Waals surface area contributed by atoms with Crippen LogP contribution in [0, 0.1) is 6.92 Å². The molecule has 7 heteroatoms. The molecule has 0 aliphatic heterocycles. The molecule has 0 bridgehead atoms. The Balaban J connectivity index is 2.69. The van der Waals surface area contributed by atoms with E-state index in [1.165, 1.54) is 13.8 Å². The first-order chi connectivity index (χ1) is 13.5. The predicted molar refractivity (Wildman–Crippen MR) is 121 cm³/mol. The first-order valence-corrected chi connectivity index (χ1v) is 14.4. The summed E-state index contributed by atoms with van der Waals surface area (Å²) >= 11 is 0. The summed E-state index contributed by atoms with van der Waals surface area (Å²) in [6, 6.07) is 11.7. The third kappa shape index (κ3) is 7.33. The molecule has 0 amide bonds. The van der Waals surface area contributed by atoms with E-state index < -0.39 is 15.0 Å². The third-order valence-electron chi connectivity index (χ3n) is 4.42. The minimum absolute atomic E-state index is 0.417. The van der Waals surface area contributed by atoms with E-state index in [1.807, 2.05) is 43.3 Å². The van der Waals surface area contributed by atoms with Crippen molar-refractivity contribution < 1.29 is 22.7 Å². The Morgan fingerprint density at radius 2 is 1.59 bits per heavy atom. The van der Waals surface area contributed by atoms with E-state index in [2.05, 4.69) is 6.92 Å². The van der Waals surface area contributed by atoms with Crippen molar-refractivity contribution in [3.63, 3.8) is 0 Å². The van der Waals surface area contributed by atoms with Crippen LogP contribution < -0.4 is 9.05 Å². The highest BCUT2D eigenvalue weighted by atomic mass is 31.2. The number of rotatable bonds is 10. The van der Waals surface area contributed by atoms with Crippen LogP contribution in [0.3, 0.4) is 0 Å². The summed E-state index contributed by atoms with van der Waals surface area (Å²) in [6.45, 7) is 8.74. The Hall–Kier alpha value is -1.54. The van der Waals surface area contributed by atoms with E-state index in [9.17, 15) is 9.13 Å². The van der Waals surface area contributed by atoms with E-state index >= 15 is 0 Å². The molecule has 0 fully saturated rings. The fourth-order valence-corrected chi connectivity index (χ4v) is 4.24. The maximum atomic E-state index is 12.6. The van der Waals surface area contributed by atoms with Gasteiger partial charge in [-0.05, 0) is 43.0 Å². The van der Waals surface area contributed by atoms with Crippen LogP contribution in [0.5, 0.6) is 11.5 Å². The Bertz CT molecular complexity index is 933. The van der Waals surface area contributed by atoms with Crippen LogP contribution in [-0.2, 0) is 20.1 Å². The third-order valence-corrected chi connectivity index (χ3v) is 6.24. The van der Waals surface area contributed by atoms with Gasteiger partial charge in [0, 0.05) is 27.1 Å². The van der Waals surface area contributed by atoms with Crippen molar-refractivity contribution in [3.8, 4) is 22.6 Å². The molecule has 0 spiro atoms. The second kappa shape index (κ2) is 9.98. The predicted octanol–water partition coefficient (Wildman–Crippen LogP) is 7.16. The molecule has 0 N–H and O–H groups in total. The Morgan fingerprint density at radius 1 is 0.931 bits per heavy atom. The quantitative estimate of drug-likeness (QED) is 0.291. The summed E-state index contributed by atoms with van der Waals surface area (Å²) in [5.74, 6) is 0.893. The molecule has 29 heavy (non-hydrogen) atoms. The summed E-state index contributed by atoms with van der Waals surface area (Å²) in [7, 11) is -4.77. The molecule has 160 valence electrons. The number of benzene rings is 2. The van der Waals surface area contributed by atoms with Gasteiger partial charge in [0.05, 0.1) is 5.56 Å². The van der Waals surface area contributed by atoms with Gasteiger partial charge in [0.1, 0.15) is 11.5 Å². The van der Waals surface area contributed by atoms with Gasteiger partial charge in [-0.25, -0.2) is 4.57 Å². The van der Waals surface area contributed by atoms with Crippen LogP contribution in [0.1, 0.15) is 37.3 Å². The molecule has 1 atom stereocenters. The zero-order valence-corrected chi connectivity index (χ0v) is 20.0. The van der Waals surface area contributed by atoms with Crippen molar-refractivity contribution in [1.82, 2.24) is 0 Å². The van der Waals surface area contributed by atoms with Gasteiger partial charge in [-0.15, -0.1) is 0 Å². The molecular formula is C22H32O5P2. The van der Waals surface area contributed by atoms with Crippen LogP contribution in [-0.4, -0.2) is 27.1 Å². The van der Waals surface area contributed by atoms with Crippen molar-refractivity contribution in [1.29, 1.82) is 0 Å². The summed E-state index contributed by atoms with van der Waals surface area (Å²) < 4.78 is 42.0. The highest BCUT2D eigenvalue weighted by Crippen LogP contribution is 2.52. The minimum Gasteiger partial charge on any atom is -0.442 e. The van der Waals surface area contributed by atoms with E-state index in [4.69, 9.17) is 13.6 Å². The van der Waals surface area contributed by atoms with Crippen LogP contribution in [0.4, 0.5) is 0 Å². The second-order valence-corrected chi connectivity index (χ2v) is 12.5. The SMILES string of the molecule is CCCCCc1cc(OP(C)(C)=O)c(-c2cccc(C)c2)c(OP(C)(=O)OC)c1. The first kappa shape index (κ1) is 23.7. The Kier molecular flexibility index (Phi) is 8.17. The maximum absolute atomic E-state index is 12.6. The smallest absolute Gasteiger partial charge is 0.375 e. The molecule has 2 rings (SSSR count). The van der Waals surface area contributed by atoms with Gasteiger partial charge in [-0.3, -0.25) is 4.57 Å². The lowest BCUT2D eigenvalue weighted by molar-refractivity contribution is 0.328. The summed E-state index contributed by atoms with van der Waals surface area (Å²) in [4.78, 5) is 0. The van der Waals surface area contributed by atoms with Gasteiger partial charge in [-0.2, -0.15) is 0 Å². The topological polar surface area (TPSA) is 61.8 Å². The van der Waals surface area contributed by atoms with Crippen molar-refractivity contribution in [2.24, 2.45) is 0 Å². The average Bonchev–Trinajstić information content (AvgIpc) is 2.60. The summed E-state index contributed by atoms with van der Waals surface area (Å²) in [6.07, 6.45) is 4.06. The van der Waals surface area contributed by atoms with Gasteiger partial charge in [0.15, 0.2) is 0 Å². The van der Waals surface area contributed by atoms with Gasteiger partial charge in [0.2, 0.25) is 7.37 Å². The molecule has 0 aliphatic carbocycles. The maximum Gasteiger partial charge on any atom is 0.375 e. The molecule has 1 unspecified atom stereocenters. The number of hydrogen-bond acceptors (Lipinski definition) is 5. The molecule has 5 nitrogen and oxygen atoms in total. The molecule has 0 saturated carbocycles. The molecule has 2 aromatic carbocycles. The van der Waals surface area contributed by atoms with Crippen molar-refractivity contribution >= 4 is 15.0 Å². The molecular weight excluding hydrogens is 406 g/mol. The number of hydrogen-bond donors (Lipinski definition) is 0. The van der Waals surface area contributed by atoms with Gasteiger partial charge >= 0.3 is 7.60 Å². The van der Waals surface area contributed by atoms with E-state index in [1.54, 1.807) is 13.3 Å². The zero-order chi connectivity index (χ0) is 21.7. The van der Waals surface area contributed by atoms with Crippen LogP contribution >= 0.6 is 15.0 Å². The minimum atomic E-state index is -3.30. The monoisotopic (exact) mass is 438 g/mol. The summed E-state index contributed by atoms with van der Waals surface area (Å²) in [5, 5.41) is 0. The lowest BCUT2D eigenvalue weighted by Gasteiger charge is -2.22. The summed E-state index contributed by atoms with van der Waals surface area (Å²) in [5.41, 5.74) is 3.54. The van der Waals surface area contributed by atoms with Crippen LogP contribution in [0.2, 0.25) is 0 Å². The highest BCUT2D eigenvalue weighted by Gasteiger charge is 2.24. The number of aryl methyl sites for hydroxylation is 2. The van der Waals surface area contributed by atoms with Crippen molar-refractivity contribution in [2.75, 3.05) is 27.1 Å². The second-order valence-electron chi connectivity index (χ2n) is 7.68. The van der Waals surface area contributed by atoms with Gasteiger partial charge in [-0.1, -0.05) is 49.6 Å². The fraction of sp³-hybridized carbons (Fsp3) is 0.455. The molecule has 2 aromatic rings. The van der Waals surface area contributed by atoms with E-state index in [0.29, 0.717) is 17.1 Å². The number of unbranched alkanes of at least 4 members (excludes halogenated alkanes) is 2. The fourth-order valence-electron chi connectivity index (χ4n) is 3.05. The first-order valence-electron chi connectivity index (χ1n) is 9.86. The van der Waals surface area contributed by atoms with Gasteiger partial charge < -0.3 is 13.6 Å². The van der Waals surface area contributed by atoms with Gasteiger partial charge in [0.25, 0.3) is 0 Å². The molecule has 0 radical (unpaired) electrons. The van der Waals surface area contributed by atoms with E-state index in [-0.39, 0.29) is 0 Å². The molecule has 0 saturated heterocycles. The van der Waals surface area contributed by atoms with Crippen LogP contribution in [0.25, 0.3) is 11.1 Å². The molecule has 0 aromatic heterocycles. The largest absolute Gasteiger partial charge is 0.442 e. The lowest BCUT2D eigenvalue weighted by Crippen LogP contribution is -2.00. The standard InChI is InChI=1S/C22H32O5P2/c1-7-8-9-12-18-15-20(26-28(4,5)23)22(19-13-10-11-17(2)14-19)21(16-18)27-29(6,24)25-3/h10-11,13-16H,7-9,12H2,1-6H3. The normalized spacial score (nSPS) is 13.7. The highest BCUT2D eigenvalue weighted by molar-refractivity contribution is 7.57. The Morgan fingerprint density at radius 3 is 2.14 bits per heavy atom. The van der Waals surface area contributed by atoms with Crippen molar-refractivity contribution in [2.45, 2.75) is 39.5 Å². The molecule has 0 heterocycles. The van der Waals surface area contributed by atoms with E-state index in [0.717, 1.165) is 42.4 Å². The average molecular weight is 438 g/mol.